The van der Waals surface area contributed by atoms with Crippen LogP contribution in [0.3, 0.4) is 0 Å². The van der Waals surface area contributed by atoms with E-state index in [0.717, 1.165) is 6.07 Å². The maximum absolute atomic E-state index is 12.3. The van der Waals surface area contributed by atoms with Gasteiger partial charge in [0.2, 0.25) is 15.9 Å². The SMILES string of the molecule is CC(=O)NCCNC(=O)c1cc(S(=O)(=O)NC(C)C)c(Cl)cc1Cl. The van der Waals surface area contributed by atoms with Crippen molar-refractivity contribution in [2.24, 2.45) is 0 Å². The lowest BCUT2D eigenvalue weighted by Crippen LogP contribution is -2.34. The minimum Gasteiger partial charge on any atom is -0.355 e. The second-order valence-corrected chi connectivity index (χ2v) is 7.77. The van der Waals surface area contributed by atoms with Crippen LogP contribution in [0.5, 0.6) is 0 Å². The fraction of sp³-hybridized carbons (Fsp3) is 0.429. The second-order valence-electron chi connectivity index (χ2n) is 5.28. The fourth-order valence-corrected chi connectivity index (χ4v) is 3.90. The maximum atomic E-state index is 12.3. The number of sulfonamides is 1. The van der Waals surface area contributed by atoms with E-state index in [1.165, 1.54) is 13.0 Å². The zero-order valence-electron chi connectivity index (χ0n) is 13.4. The summed E-state index contributed by atoms with van der Waals surface area (Å²) in [6, 6.07) is 2.00. The standard InChI is InChI=1S/C14H19Cl2N3O4S/c1-8(2)19-24(22,23)13-6-10(11(15)7-12(13)16)14(21)18-5-4-17-9(3)20/h6-8,19H,4-5H2,1-3H3,(H,17,20)(H,18,21). The van der Waals surface area contributed by atoms with E-state index in [-0.39, 0.29) is 45.5 Å². The van der Waals surface area contributed by atoms with E-state index in [4.69, 9.17) is 23.2 Å². The van der Waals surface area contributed by atoms with E-state index >= 15 is 0 Å². The van der Waals surface area contributed by atoms with Gasteiger partial charge < -0.3 is 10.6 Å². The zero-order valence-corrected chi connectivity index (χ0v) is 15.8. The van der Waals surface area contributed by atoms with Crippen molar-refractivity contribution in [2.45, 2.75) is 31.7 Å². The van der Waals surface area contributed by atoms with Crippen LogP contribution in [0.15, 0.2) is 17.0 Å². The molecule has 24 heavy (non-hydrogen) atoms. The normalized spacial score (nSPS) is 11.4. The molecule has 1 aromatic rings. The Bertz CT molecular complexity index is 736. The van der Waals surface area contributed by atoms with Crippen molar-refractivity contribution >= 4 is 45.0 Å². The molecule has 0 fully saturated rings. The van der Waals surface area contributed by atoms with Gasteiger partial charge in [-0.3, -0.25) is 9.59 Å². The van der Waals surface area contributed by atoms with Crippen molar-refractivity contribution in [3.8, 4) is 0 Å². The molecule has 1 aromatic carbocycles. The molecule has 134 valence electrons. The van der Waals surface area contributed by atoms with E-state index in [2.05, 4.69) is 15.4 Å². The molecular weight excluding hydrogens is 377 g/mol. The number of amides is 2. The average molecular weight is 396 g/mol. The van der Waals surface area contributed by atoms with Crippen molar-refractivity contribution in [3.05, 3.63) is 27.7 Å². The van der Waals surface area contributed by atoms with Gasteiger partial charge in [-0.05, 0) is 26.0 Å². The van der Waals surface area contributed by atoms with Crippen molar-refractivity contribution in [3.63, 3.8) is 0 Å². The Morgan fingerprint density at radius 1 is 1.08 bits per heavy atom. The average Bonchev–Trinajstić information content (AvgIpc) is 2.41. The molecule has 0 aliphatic carbocycles. The summed E-state index contributed by atoms with van der Waals surface area (Å²) in [6.07, 6.45) is 0. The van der Waals surface area contributed by atoms with Crippen LogP contribution in [0.4, 0.5) is 0 Å². The highest BCUT2D eigenvalue weighted by atomic mass is 35.5. The van der Waals surface area contributed by atoms with Gasteiger partial charge in [0.1, 0.15) is 4.90 Å². The lowest BCUT2D eigenvalue weighted by molar-refractivity contribution is -0.118. The van der Waals surface area contributed by atoms with Gasteiger partial charge in [0.15, 0.2) is 0 Å². The topological polar surface area (TPSA) is 104 Å². The summed E-state index contributed by atoms with van der Waals surface area (Å²) in [4.78, 5) is 22.7. The van der Waals surface area contributed by atoms with E-state index < -0.39 is 15.9 Å². The molecule has 3 N–H and O–H groups in total. The van der Waals surface area contributed by atoms with Gasteiger partial charge in [-0.1, -0.05) is 23.2 Å². The molecule has 0 atom stereocenters. The quantitative estimate of drug-likeness (QED) is 0.609. The Labute approximate surface area is 151 Å². The summed E-state index contributed by atoms with van der Waals surface area (Å²) < 4.78 is 26.9. The molecule has 1 rings (SSSR count). The fourth-order valence-electron chi connectivity index (χ4n) is 1.79. The number of hydrogen-bond donors (Lipinski definition) is 3. The van der Waals surface area contributed by atoms with E-state index in [9.17, 15) is 18.0 Å². The number of hydrogen-bond acceptors (Lipinski definition) is 4. The highest BCUT2D eigenvalue weighted by molar-refractivity contribution is 7.89. The van der Waals surface area contributed by atoms with E-state index in [1.54, 1.807) is 13.8 Å². The number of benzene rings is 1. The van der Waals surface area contributed by atoms with Gasteiger partial charge in [0, 0.05) is 26.1 Å². The van der Waals surface area contributed by atoms with Crippen LogP contribution in [0.25, 0.3) is 0 Å². The minimum atomic E-state index is -3.88. The van der Waals surface area contributed by atoms with Crippen molar-refractivity contribution in [2.75, 3.05) is 13.1 Å². The van der Waals surface area contributed by atoms with E-state index in [0.29, 0.717) is 0 Å². The van der Waals surface area contributed by atoms with Crippen molar-refractivity contribution in [1.82, 2.24) is 15.4 Å². The van der Waals surface area contributed by atoms with Crippen LogP contribution in [0.1, 0.15) is 31.1 Å². The Kier molecular flexibility index (Phi) is 7.47. The number of carbonyl (C=O) groups excluding carboxylic acids is 2. The number of rotatable bonds is 7. The van der Waals surface area contributed by atoms with Gasteiger partial charge in [-0.25, -0.2) is 13.1 Å². The Morgan fingerprint density at radius 2 is 1.67 bits per heavy atom. The molecule has 0 saturated carbocycles. The minimum absolute atomic E-state index is 0.0203. The first kappa shape index (κ1) is 20.7. The van der Waals surface area contributed by atoms with Gasteiger partial charge in [0.05, 0.1) is 15.6 Å². The largest absolute Gasteiger partial charge is 0.355 e. The predicted octanol–water partition coefficient (Wildman–Crippen LogP) is 1.55. The van der Waals surface area contributed by atoms with Crippen LogP contribution in [0.2, 0.25) is 10.0 Å². The van der Waals surface area contributed by atoms with Gasteiger partial charge in [-0.2, -0.15) is 0 Å². The molecule has 0 aromatic heterocycles. The summed E-state index contributed by atoms with van der Waals surface area (Å²) in [5.74, 6) is -0.787. The molecule has 0 heterocycles. The molecule has 2 amide bonds. The smallest absolute Gasteiger partial charge is 0.252 e. The first-order valence-electron chi connectivity index (χ1n) is 7.08. The molecule has 10 heteroatoms. The van der Waals surface area contributed by atoms with Gasteiger partial charge in [0.25, 0.3) is 5.91 Å². The Hall–Kier alpha value is -1.35. The molecular formula is C14H19Cl2N3O4S. The third-order valence-electron chi connectivity index (χ3n) is 2.73. The summed E-state index contributed by atoms with van der Waals surface area (Å²) in [5, 5.41) is 5.00. The third-order valence-corrected chi connectivity index (χ3v) is 5.17. The van der Waals surface area contributed by atoms with Gasteiger partial charge >= 0.3 is 0 Å². The summed E-state index contributed by atoms with van der Waals surface area (Å²) in [7, 11) is -3.88. The van der Waals surface area contributed by atoms with Gasteiger partial charge in [-0.15, -0.1) is 0 Å². The number of carbonyl (C=O) groups is 2. The molecule has 0 saturated heterocycles. The Balaban J connectivity index is 3.02. The lowest BCUT2D eigenvalue weighted by Gasteiger charge is -2.13. The van der Waals surface area contributed by atoms with Crippen LogP contribution < -0.4 is 15.4 Å². The Morgan fingerprint density at radius 3 is 2.21 bits per heavy atom. The first-order chi connectivity index (χ1) is 11.0. The monoisotopic (exact) mass is 395 g/mol. The molecule has 0 bridgehead atoms. The molecule has 0 spiro atoms. The maximum Gasteiger partial charge on any atom is 0.252 e. The second kappa shape index (κ2) is 8.66. The number of halogens is 2. The molecule has 0 aliphatic heterocycles. The molecule has 0 radical (unpaired) electrons. The lowest BCUT2D eigenvalue weighted by atomic mass is 10.2. The first-order valence-corrected chi connectivity index (χ1v) is 9.32. The summed E-state index contributed by atoms with van der Waals surface area (Å²) >= 11 is 11.9. The highest BCUT2D eigenvalue weighted by Gasteiger charge is 2.23. The van der Waals surface area contributed by atoms with Crippen LogP contribution in [0, 0.1) is 0 Å². The van der Waals surface area contributed by atoms with Crippen LogP contribution >= 0.6 is 23.2 Å². The predicted molar refractivity (Wildman–Crippen MR) is 92.9 cm³/mol. The molecule has 7 nitrogen and oxygen atoms in total. The molecule has 0 aliphatic rings. The molecule has 0 unspecified atom stereocenters. The summed E-state index contributed by atoms with van der Waals surface area (Å²) in [5.41, 5.74) is -0.0203. The van der Waals surface area contributed by atoms with Crippen LogP contribution in [-0.2, 0) is 14.8 Å². The van der Waals surface area contributed by atoms with Crippen molar-refractivity contribution < 1.29 is 18.0 Å². The van der Waals surface area contributed by atoms with Crippen LogP contribution in [-0.4, -0.2) is 39.4 Å². The third kappa shape index (κ3) is 5.94. The summed E-state index contributed by atoms with van der Waals surface area (Å²) in [6.45, 7) is 5.10. The van der Waals surface area contributed by atoms with Crippen molar-refractivity contribution in [1.29, 1.82) is 0 Å². The zero-order chi connectivity index (χ0) is 18.5. The highest BCUT2D eigenvalue weighted by Crippen LogP contribution is 2.28. The number of nitrogens with one attached hydrogen (secondary N) is 3. The van der Waals surface area contributed by atoms with E-state index in [1.807, 2.05) is 0 Å².